The second-order valence-electron chi connectivity index (χ2n) is 7.24. The Morgan fingerprint density at radius 1 is 1.14 bits per heavy atom. The van der Waals surface area contributed by atoms with E-state index < -0.39 is 34.5 Å². The summed E-state index contributed by atoms with van der Waals surface area (Å²) in [6, 6.07) is 5.27. The van der Waals surface area contributed by atoms with E-state index in [-0.39, 0.29) is 17.4 Å². The first-order chi connectivity index (χ1) is 13.6. The number of sulfonamides is 1. The van der Waals surface area contributed by atoms with Gasteiger partial charge in [-0.25, -0.2) is 18.4 Å². The van der Waals surface area contributed by atoms with Crippen LogP contribution in [0.2, 0.25) is 0 Å². The molecule has 29 heavy (non-hydrogen) atoms. The highest BCUT2D eigenvalue weighted by Crippen LogP contribution is 2.23. The van der Waals surface area contributed by atoms with Gasteiger partial charge in [0.2, 0.25) is 10.0 Å². The Bertz CT molecular complexity index is 838. The van der Waals surface area contributed by atoms with Crippen molar-refractivity contribution in [2.24, 2.45) is 11.1 Å². The van der Waals surface area contributed by atoms with Gasteiger partial charge in [0.15, 0.2) is 6.61 Å². The van der Waals surface area contributed by atoms with E-state index >= 15 is 0 Å². The third-order valence-electron chi connectivity index (χ3n) is 4.91. The molecule has 1 aliphatic carbocycles. The van der Waals surface area contributed by atoms with Gasteiger partial charge in [-0.1, -0.05) is 31.9 Å². The molecule has 1 saturated carbocycles. The number of aryl methyl sites for hydroxylation is 1. The molecule has 0 bridgehead atoms. The summed E-state index contributed by atoms with van der Waals surface area (Å²) < 4.78 is 27.3. The van der Waals surface area contributed by atoms with Crippen LogP contribution in [0.1, 0.15) is 44.6 Å². The molecule has 1 fully saturated rings. The van der Waals surface area contributed by atoms with Gasteiger partial charge in [-0.3, -0.25) is 14.9 Å². The summed E-state index contributed by atoms with van der Waals surface area (Å²) in [5, 5.41) is 9.97. The fourth-order valence-corrected chi connectivity index (χ4v) is 3.72. The van der Waals surface area contributed by atoms with Gasteiger partial charge in [0.1, 0.15) is 0 Å². The van der Waals surface area contributed by atoms with Crippen LogP contribution in [0.3, 0.4) is 0 Å². The third-order valence-corrected chi connectivity index (χ3v) is 5.84. The molecule has 0 aromatic heterocycles. The lowest BCUT2D eigenvalue weighted by Crippen LogP contribution is -2.48. The number of nitrogens with two attached hydrogens (primary N) is 1. The summed E-state index contributed by atoms with van der Waals surface area (Å²) in [7, 11) is -3.76. The molecule has 1 aromatic carbocycles. The Morgan fingerprint density at radius 2 is 1.79 bits per heavy atom. The number of rotatable bonds is 7. The molecule has 1 aromatic rings. The predicted molar refractivity (Wildman–Crippen MR) is 105 cm³/mol. The Morgan fingerprint density at radius 3 is 2.41 bits per heavy atom. The number of urea groups is 1. The third kappa shape index (κ3) is 7.82. The minimum atomic E-state index is -3.76. The minimum Gasteiger partial charge on any atom is -0.456 e. The van der Waals surface area contributed by atoms with Gasteiger partial charge in [0, 0.05) is 12.5 Å². The number of carbonyl (C=O) groups excluding carboxylic acids is 3. The fraction of sp³-hybridized carbons (Fsp3) is 0.526. The Labute approximate surface area is 170 Å². The van der Waals surface area contributed by atoms with Crippen LogP contribution in [0, 0.1) is 5.92 Å². The number of hydrogen-bond acceptors (Lipinski definition) is 6. The van der Waals surface area contributed by atoms with Gasteiger partial charge in [-0.2, -0.15) is 0 Å². The number of primary sulfonamides is 1. The van der Waals surface area contributed by atoms with Crippen molar-refractivity contribution in [2.75, 3.05) is 6.61 Å². The van der Waals surface area contributed by atoms with Gasteiger partial charge < -0.3 is 10.1 Å². The number of esters is 1. The summed E-state index contributed by atoms with van der Waals surface area (Å²) in [6.45, 7) is 1.52. The minimum absolute atomic E-state index is 0.00773. The van der Waals surface area contributed by atoms with E-state index in [1.165, 1.54) is 12.1 Å². The first-order valence-electron chi connectivity index (χ1n) is 9.53. The van der Waals surface area contributed by atoms with Crippen molar-refractivity contribution in [1.29, 1.82) is 0 Å². The van der Waals surface area contributed by atoms with Gasteiger partial charge in [-0.15, -0.1) is 0 Å². The molecule has 2 atom stereocenters. The molecular formula is C19H27N3O6S. The van der Waals surface area contributed by atoms with Crippen LogP contribution in [0.25, 0.3) is 0 Å². The smallest absolute Gasteiger partial charge is 0.321 e. The largest absolute Gasteiger partial charge is 0.456 e. The van der Waals surface area contributed by atoms with Crippen LogP contribution in [0.15, 0.2) is 29.2 Å². The van der Waals surface area contributed by atoms with E-state index in [2.05, 4.69) is 17.6 Å². The SMILES string of the molecule is CC1CCCCC1NC(=O)NC(=O)COC(=O)CCc1ccc(S(N)(=O)=O)cc1. The topological polar surface area (TPSA) is 145 Å². The van der Waals surface area contributed by atoms with E-state index in [0.717, 1.165) is 31.2 Å². The monoisotopic (exact) mass is 425 g/mol. The Kier molecular flexibility index (Phi) is 8.15. The van der Waals surface area contributed by atoms with Crippen molar-refractivity contribution >= 4 is 27.9 Å². The van der Waals surface area contributed by atoms with E-state index in [9.17, 15) is 22.8 Å². The number of benzene rings is 1. The zero-order chi connectivity index (χ0) is 21.4. The normalized spacial score (nSPS) is 19.2. The van der Waals surface area contributed by atoms with Crippen LogP contribution in [-0.2, 0) is 30.8 Å². The maximum atomic E-state index is 11.9. The van der Waals surface area contributed by atoms with Crippen molar-refractivity contribution in [3.63, 3.8) is 0 Å². The first-order valence-corrected chi connectivity index (χ1v) is 11.1. The number of imide groups is 1. The quantitative estimate of drug-likeness (QED) is 0.560. The molecule has 0 radical (unpaired) electrons. The average molecular weight is 426 g/mol. The summed E-state index contributed by atoms with van der Waals surface area (Å²) >= 11 is 0. The molecule has 9 nitrogen and oxygen atoms in total. The van der Waals surface area contributed by atoms with Crippen molar-refractivity contribution < 1.29 is 27.5 Å². The van der Waals surface area contributed by atoms with Gasteiger partial charge in [0.05, 0.1) is 4.90 Å². The maximum absolute atomic E-state index is 11.9. The Hall–Kier alpha value is -2.46. The summed E-state index contributed by atoms with van der Waals surface area (Å²) in [4.78, 5) is 35.4. The molecule has 4 N–H and O–H groups in total. The predicted octanol–water partition coefficient (Wildman–Crippen LogP) is 1.21. The number of hydrogen-bond donors (Lipinski definition) is 3. The Balaban J connectivity index is 1.67. The lowest BCUT2D eigenvalue weighted by Gasteiger charge is -2.29. The number of carbonyl (C=O) groups is 3. The van der Waals surface area contributed by atoms with Crippen molar-refractivity contribution in [3.05, 3.63) is 29.8 Å². The van der Waals surface area contributed by atoms with Crippen LogP contribution in [-0.4, -0.2) is 39.0 Å². The highest BCUT2D eigenvalue weighted by molar-refractivity contribution is 7.89. The van der Waals surface area contributed by atoms with Crippen molar-refractivity contribution in [2.45, 2.75) is 56.4 Å². The molecule has 0 heterocycles. The second kappa shape index (κ2) is 10.4. The van der Waals surface area contributed by atoms with Gasteiger partial charge >= 0.3 is 12.0 Å². The van der Waals surface area contributed by atoms with Gasteiger partial charge in [-0.05, 0) is 42.9 Å². The lowest BCUT2D eigenvalue weighted by molar-refractivity contribution is -0.148. The standard InChI is InChI=1S/C19H27N3O6S/c1-13-4-2-3-5-16(13)21-19(25)22-17(23)12-28-18(24)11-8-14-6-9-15(10-7-14)29(20,26)27/h6-7,9-10,13,16H,2-5,8,11-12H2,1H3,(H2,20,26,27)(H2,21,22,23,25). The van der Waals surface area contributed by atoms with Crippen LogP contribution in [0.4, 0.5) is 4.79 Å². The van der Waals surface area contributed by atoms with E-state index in [1.807, 2.05) is 0 Å². The van der Waals surface area contributed by atoms with Crippen molar-refractivity contribution in [3.8, 4) is 0 Å². The second-order valence-corrected chi connectivity index (χ2v) is 8.80. The molecule has 0 saturated heterocycles. The summed E-state index contributed by atoms with van der Waals surface area (Å²) in [5.74, 6) is -0.935. The molecule has 2 rings (SSSR count). The summed E-state index contributed by atoms with van der Waals surface area (Å²) in [6.07, 6.45) is 4.44. The average Bonchev–Trinajstić information content (AvgIpc) is 2.66. The zero-order valence-corrected chi connectivity index (χ0v) is 17.2. The van der Waals surface area contributed by atoms with Gasteiger partial charge in [0.25, 0.3) is 5.91 Å². The molecule has 1 aliphatic rings. The maximum Gasteiger partial charge on any atom is 0.321 e. The molecule has 160 valence electrons. The summed E-state index contributed by atoms with van der Waals surface area (Å²) in [5.41, 5.74) is 0.722. The zero-order valence-electron chi connectivity index (χ0n) is 16.3. The van der Waals surface area contributed by atoms with Crippen LogP contribution < -0.4 is 15.8 Å². The van der Waals surface area contributed by atoms with E-state index in [0.29, 0.717) is 12.3 Å². The van der Waals surface area contributed by atoms with E-state index in [1.54, 1.807) is 12.1 Å². The number of ether oxygens (including phenoxy) is 1. The highest BCUT2D eigenvalue weighted by Gasteiger charge is 2.23. The molecule has 0 aliphatic heterocycles. The molecular weight excluding hydrogens is 398 g/mol. The fourth-order valence-electron chi connectivity index (χ4n) is 3.21. The highest BCUT2D eigenvalue weighted by atomic mass is 32.2. The molecule has 2 unspecified atom stereocenters. The number of nitrogens with one attached hydrogen (secondary N) is 2. The van der Waals surface area contributed by atoms with Crippen LogP contribution in [0.5, 0.6) is 0 Å². The van der Waals surface area contributed by atoms with E-state index in [4.69, 9.17) is 9.88 Å². The molecule has 3 amide bonds. The molecule has 0 spiro atoms. The van der Waals surface area contributed by atoms with Crippen molar-refractivity contribution in [1.82, 2.24) is 10.6 Å². The lowest BCUT2D eigenvalue weighted by atomic mass is 9.86. The first kappa shape index (κ1) is 22.8. The van der Waals surface area contributed by atoms with Crippen LogP contribution >= 0.6 is 0 Å². The number of amides is 3. The molecule has 10 heteroatoms.